The first kappa shape index (κ1) is 74.4. The van der Waals surface area contributed by atoms with E-state index in [9.17, 15) is 25.9 Å². The number of anilines is 8. The van der Waals surface area contributed by atoms with Crippen LogP contribution in [-0.2, 0) is 58.1 Å². The molecule has 0 fully saturated rings. The largest absolute Gasteiger partial charge is 1.00 e. The minimum atomic E-state index is -5.17. The average molecular weight is 1220 g/mol. The van der Waals surface area contributed by atoms with Crippen molar-refractivity contribution in [1.82, 2.24) is 29.9 Å². The number of rotatable bonds is 48. The van der Waals surface area contributed by atoms with E-state index >= 15 is 0 Å². The fourth-order valence-corrected chi connectivity index (χ4v) is 7.99. The van der Waals surface area contributed by atoms with Crippen LogP contribution in [-0.4, -0.2) is 235 Å². The van der Waals surface area contributed by atoms with Crippen LogP contribution in [0.1, 0.15) is 36.8 Å². The smallest absolute Gasteiger partial charge is 0.744 e. The van der Waals surface area contributed by atoms with Crippen molar-refractivity contribution in [2.45, 2.75) is 35.5 Å². The molecule has 30 nitrogen and oxygen atoms in total. The van der Waals surface area contributed by atoms with Gasteiger partial charge in [0, 0.05) is 64.0 Å². The molecule has 0 spiro atoms. The molecule has 2 aromatic carbocycles. The molecule has 0 amide bonds. The van der Waals surface area contributed by atoms with Crippen molar-refractivity contribution in [1.29, 1.82) is 0 Å². The first-order chi connectivity index (χ1) is 38.8. The Kier molecular flexibility index (Phi) is 40.6. The van der Waals surface area contributed by atoms with Crippen molar-refractivity contribution in [3.05, 3.63) is 47.5 Å². The predicted molar refractivity (Wildman–Crippen MR) is 291 cm³/mol. The second-order valence-electron chi connectivity index (χ2n) is 16.5. The van der Waals surface area contributed by atoms with Gasteiger partial charge in [-0.3, -0.25) is 0 Å². The number of aliphatic hydroxyl groups is 4. The van der Waals surface area contributed by atoms with Crippen molar-refractivity contribution in [2.75, 3.05) is 190 Å². The van der Waals surface area contributed by atoms with Gasteiger partial charge in [-0.05, 0) is 61.1 Å². The van der Waals surface area contributed by atoms with Crippen LogP contribution >= 0.6 is 0 Å². The second kappa shape index (κ2) is 44.8. The summed E-state index contributed by atoms with van der Waals surface area (Å²) in [6.45, 7) is 6.38. The molecule has 34 heteroatoms. The topological polar surface area (TPSA) is 419 Å². The van der Waals surface area contributed by atoms with E-state index in [1.165, 1.54) is 36.4 Å². The molecule has 0 aliphatic carbocycles. The summed E-state index contributed by atoms with van der Waals surface area (Å²) < 4.78 is 119. The van der Waals surface area contributed by atoms with Crippen molar-refractivity contribution >= 4 is 79.5 Å². The van der Waals surface area contributed by atoms with Crippen LogP contribution < -0.4 is 91.0 Å². The Labute approximate surface area is 522 Å². The van der Waals surface area contributed by atoms with Crippen LogP contribution in [0.3, 0.4) is 0 Å². The summed E-state index contributed by atoms with van der Waals surface area (Å²) in [5.41, 5.74) is -0.0696. The van der Waals surface area contributed by atoms with Crippen molar-refractivity contribution in [2.24, 2.45) is 0 Å². The number of hydrogen-bond donors (Lipinski definition) is 10. The molecule has 2 heterocycles. The summed E-state index contributed by atoms with van der Waals surface area (Å²) in [5.74, 6) is 0.589. The van der Waals surface area contributed by atoms with Crippen molar-refractivity contribution in [3.63, 3.8) is 0 Å². The molecule has 82 heavy (non-hydrogen) atoms. The van der Waals surface area contributed by atoms with E-state index in [0.29, 0.717) is 131 Å². The number of nitrogens with zero attached hydrogens (tertiary/aromatic N) is 6. The van der Waals surface area contributed by atoms with Gasteiger partial charge in [0.05, 0.1) is 116 Å². The molecule has 0 bridgehead atoms. The van der Waals surface area contributed by atoms with Crippen molar-refractivity contribution in [3.8, 4) is 0 Å². The Bertz CT molecular complexity index is 2370. The third kappa shape index (κ3) is 32.6. The average Bonchev–Trinajstić information content (AvgIpc) is 3.53. The van der Waals surface area contributed by atoms with Gasteiger partial charge in [0.15, 0.2) is 0 Å². The van der Waals surface area contributed by atoms with Crippen LogP contribution in [0.5, 0.6) is 0 Å². The van der Waals surface area contributed by atoms with Gasteiger partial charge in [0.25, 0.3) is 0 Å². The molecular weight excluding hydrogens is 1140 g/mol. The molecule has 0 atom stereocenters. The Balaban J connectivity index is 0.0000115. The van der Waals surface area contributed by atoms with Gasteiger partial charge in [0.2, 0.25) is 35.7 Å². The van der Waals surface area contributed by atoms with Gasteiger partial charge in [0.1, 0.15) is 20.2 Å². The molecule has 4 aromatic rings. The zero-order valence-corrected chi connectivity index (χ0v) is 52.1. The molecule has 0 unspecified atom stereocenters. The Morgan fingerprint density at radius 2 is 0.622 bits per heavy atom. The zero-order chi connectivity index (χ0) is 57.5. The minimum absolute atomic E-state index is 0. The predicted octanol–water partition coefficient (Wildman–Crippen LogP) is -5.16. The van der Waals surface area contributed by atoms with E-state index < -0.39 is 30.0 Å². The number of aliphatic hydroxyl groups excluding tert-OH is 4. The molecule has 10 N–H and O–H groups in total. The minimum Gasteiger partial charge on any atom is -0.744 e. The molecular formula is C48H74N12Na2O18S2. The van der Waals surface area contributed by atoms with Crippen molar-refractivity contribution < 1.29 is 143 Å². The van der Waals surface area contributed by atoms with E-state index in [2.05, 4.69) is 61.8 Å². The monoisotopic (exact) mass is 1220 g/mol. The molecule has 4 rings (SSSR count). The van der Waals surface area contributed by atoms with Gasteiger partial charge in [-0.15, -0.1) is 0 Å². The maximum atomic E-state index is 12.7. The maximum absolute atomic E-state index is 12.7. The first-order valence-electron chi connectivity index (χ1n) is 25.8. The summed E-state index contributed by atoms with van der Waals surface area (Å²) in [6, 6.07) is 7.62. The standard InChI is InChI=1S/C48H76N12O18S2.2Na/c61-15-23-75-31-27-71-19-1-11-49-43-55-44(50-12-2-20-72-28-32-76-24-16-62)58-47(57-43)53-39-9-7-37(41(35-39)79(65,66)67)5-6-38-8-10-40(36-42(38)80(68,69)70)54-48-59-45(51-13-3-21-73-29-33-77-25-17-63)56-46(60-48)52-14-4-22-74-30-34-78-26-18-64;;/h5-10,35-36,61-64H,1-4,11-34H2,(H,65,66,67)(H,68,69,70)(H3,49,50,53,55,57,58)(H3,51,52,54,56,59,60);;/q;2*+1/p-2. The normalized spacial score (nSPS) is 11.5. The van der Waals surface area contributed by atoms with Crippen LogP contribution in [0.2, 0.25) is 0 Å². The van der Waals surface area contributed by atoms with Gasteiger partial charge in [-0.25, -0.2) is 16.8 Å². The summed E-state index contributed by atoms with van der Waals surface area (Å²) in [6.07, 6.45) is 4.62. The second-order valence-corrected chi connectivity index (χ2v) is 19.2. The van der Waals surface area contributed by atoms with Gasteiger partial charge in [-0.2, -0.15) is 29.9 Å². The van der Waals surface area contributed by atoms with Crippen LogP contribution in [0.4, 0.5) is 47.1 Å². The third-order valence-electron chi connectivity index (χ3n) is 10.2. The summed E-state index contributed by atoms with van der Waals surface area (Å²) in [4.78, 5) is 25.1. The molecule has 0 saturated heterocycles. The zero-order valence-electron chi connectivity index (χ0n) is 46.4. The molecule has 0 aliphatic rings. The summed E-state index contributed by atoms with van der Waals surface area (Å²) >= 11 is 0. The van der Waals surface area contributed by atoms with E-state index in [0.717, 1.165) is 12.1 Å². The maximum Gasteiger partial charge on any atom is 1.00 e. The Morgan fingerprint density at radius 1 is 0.378 bits per heavy atom. The van der Waals surface area contributed by atoms with E-state index in [4.69, 9.17) is 58.3 Å². The molecule has 0 aliphatic heterocycles. The fraction of sp³-hybridized carbons (Fsp3) is 0.583. The molecule has 448 valence electrons. The van der Waals surface area contributed by atoms with E-state index in [-0.39, 0.29) is 170 Å². The third-order valence-corrected chi connectivity index (χ3v) is 12.0. The molecule has 0 radical (unpaired) electrons. The van der Waals surface area contributed by atoms with Crippen LogP contribution in [0, 0.1) is 0 Å². The Hall–Kier alpha value is -3.66. The molecule has 0 saturated carbocycles. The number of aromatic nitrogens is 6. The van der Waals surface area contributed by atoms with Gasteiger partial charge >= 0.3 is 59.1 Å². The summed E-state index contributed by atoms with van der Waals surface area (Å²) in [7, 11) is -10.3. The quantitative estimate of drug-likeness (QED) is 0.00855. The van der Waals surface area contributed by atoms with Crippen LogP contribution in [0.25, 0.3) is 12.2 Å². The number of benzene rings is 2. The number of ether oxygens (including phenoxy) is 8. The van der Waals surface area contributed by atoms with E-state index in [1.54, 1.807) is 0 Å². The number of hydrogen-bond acceptors (Lipinski definition) is 30. The SMILES string of the molecule is O=S(=O)([O-])c1cc(Nc2nc(NCCCOCCOCCO)nc(NCCCOCCOCCO)n2)ccc1C=Cc1ccc(Nc2nc(NCCCOCCOCCO)nc(NCCCOCCOCCO)n2)cc1S(=O)(=O)[O-].[Na+].[Na+]. The van der Waals surface area contributed by atoms with Gasteiger partial charge in [-0.1, -0.05) is 24.3 Å². The summed E-state index contributed by atoms with van der Waals surface area (Å²) in [5, 5.41) is 53.6. The Morgan fingerprint density at radius 3 is 0.866 bits per heavy atom. The van der Waals surface area contributed by atoms with E-state index in [1.807, 2.05) is 0 Å². The van der Waals surface area contributed by atoms with Gasteiger partial charge < -0.3 is 99.3 Å². The number of nitrogens with one attached hydrogen (secondary N) is 6. The fourth-order valence-electron chi connectivity index (χ4n) is 6.59. The first-order valence-corrected chi connectivity index (χ1v) is 28.6. The van der Waals surface area contributed by atoms with Crippen LogP contribution in [0.15, 0.2) is 46.2 Å². The molecule has 2 aromatic heterocycles.